The van der Waals surface area contributed by atoms with E-state index < -0.39 is 0 Å². The fourth-order valence-electron chi connectivity index (χ4n) is 3.25. The Kier molecular flexibility index (Phi) is 2.47. The number of hydrogen-bond donors (Lipinski definition) is 0. The van der Waals surface area contributed by atoms with Crippen LogP contribution in [0.15, 0.2) is 28.8 Å². The summed E-state index contributed by atoms with van der Waals surface area (Å²) in [5.41, 5.74) is 2.96. The first-order chi connectivity index (χ1) is 9.31. The van der Waals surface area contributed by atoms with Gasteiger partial charge in [0.05, 0.1) is 0 Å². The Balaban J connectivity index is 1.52. The van der Waals surface area contributed by atoms with Gasteiger partial charge in [-0.3, -0.25) is 0 Å². The molecule has 98 valence electrons. The minimum Gasteiger partial charge on any atom is -0.339 e. The summed E-state index contributed by atoms with van der Waals surface area (Å²) in [6, 6.07) is 8.73. The molecule has 19 heavy (non-hydrogen) atoms. The van der Waals surface area contributed by atoms with Crippen molar-refractivity contribution in [2.45, 2.75) is 44.4 Å². The molecule has 3 nitrogen and oxygen atoms in total. The first-order valence-electron chi connectivity index (χ1n) is 7.21. The van der Waals surface area contributed by atoms with E-state index in [-0.39, 0.29) is 0 Å². The molecule has 3 heteroatoms. The molecule has 0 saturated heterocycles. The lowest BCUT2D eigenvalue weighted by Crippen LogP contribution is -1.99. The lowest BCUT2D eigenvalue weighted by molar-refractivity contribution is 0.363. The van der Waals surface area contributed by atoms with Gasteiger partial charge in [0.25, 0.3) is 0 Å². The van der Waals surface area contributed by atoms with Crippen molar-refractivity contribution in [3.05, 3.63) is 47.1 Å². The maximum atomic E-state index is 5.43. The minimum atomic E-state index is 0.549. The third-order valence-corrected chi connectivity index (χ3v) is 4.60. The molecule has 2 aliphatic rings. The summed E-state index contributed by atoms with van der Waals surface area (Å²) in [4.78, 5) is 4.58. The molecule has 2 aromatic rings. The van der Waals surface area contributed by atoms with Crippen LogP contribution in [-0.4, -0.2) is 10.1 Å². The predicted molar refractivity (Wildman–Crippen MR) is 72.0 cm³/mol. The summed E-state index contributed by atoms with van der Waals surface area (Å²) in [7, 11) is 0. The summed E-state index contributed by atoms with van der Waals surface area (Å²) in [5.74, 6) is 3.58. The molecule has 2 aliphatic carbocycles. The van der Waals surface area contributed by atoms with E-state index in [0.717, 1.165) is 24.1 Å². The zero-order chi connectivity index (χ0) is 12.8. The van der Waals surface area contributed by atoms with Crippen LogP contribution < -0.4 is 0 Å². The van der Waals surface area contributed by atoms with Crippen molar-refractivity contribution in [2.75, 3.05) is 0 Å². The van der Waals surface area contributed by atoms with Crippen molar-refractivity contribution in [1.29, 1.82) is 0 Å². The monoisotopic (exact) mass is 254 g/mol. The van der Waals surface area contributed by atoms with E-state index in [1.807, 2.05) is 0 Å². The van der Waals surface area contributed by atoms with Crippen molar-refractivity contribution in [3.63, 3.8) is 0 Å². The van der Waals surface area contributed by atoms with Gasteiger partial charge in [0.1, 0.15) is 0 Å². The molecule has 1 aromatic heterocycles. The first-order valence-corrected chi connectivity index (χ1v) is 7.21. The quantitative estimate of drug-likeness (QED) is 0.842. The Hall–Kier alpha value is -1.64. The van der Waals surface area contributed by atoms with Crippen molar-refractivity contribution >= 4 is 0 Å². The summed E-state index contributed by atoms with van der Waals surface area (Å²) in [6.07, 6.45) is 4.49. The number of rotatable bonds is 3. The lowest BCUT2D eigenvalue weighted by Gasteiger charge is -2.07. The van der Waals surface area contributed by atoms with Crippen LogP contribution >= 0.6 is 0 Å². The second-order valence-electron chi connectivity index (χ2n) is 6.00. The van der Waals surface area contributed by atoms with Gasteiger partial charge in [-0.2, -0.15) is 4.98 Å². The van der Waals surface area contributed by atoms with Crippen LogP contribution in [0.25, 0.3) is 0 Å². The highest BCUT2D eigenvalue weighted by molar-refractivity contribution is 5.35. The average Bonchev–Trinajstić information content (AvgIpc) is 2.87. The Morgan fingerprint density at radius 3 is 3.00 bits per heavy atom. The normalized spacial score (nSPS) is 28.4. The van der Waals surface area contributed by atoms with Gasteiger partial charge in [0.2, 0.25) is 5.89 Å². The Labute approximate surface area is 113 Å². The van der Waals surface area contributed by atoms with Crippen LogP contribution in [0.4, 0.5) is 0 Å². The molecule has 1 saturated carbocycles. The van der Waals surface area contributed by atoms with Gasteiger partial charge in [-0.25, -0.2) is 0 Å². The Morgan fingerprint density at radius 2 is 2.16 bits per heavy atom. The smallest absolute Gasteiger partial charge is 0.227 e. The molecule has 3 atom stereocenters. The second kappa shape index (κ2) is 4.19. The number of aryl methyl sites for hydroxylation is 1. The zero-order valence-electron chi connectivity index (χ0n) is 11.2. The zero-order valence-corrected chi connectivity index (χ0v) is 11.2. The van der Waals surface area contributed by atoms with E-state index >= 15 is 0 Å². The predicted octanol–water partition coefficient (Wildman–Crippen LogP) is 3.47. The fourth-order valence-corrected chi connectivity index (χ4v) is 3.25. The van der Waals surface area contributed by atoms with E-state index in [9.17, 15) is 0 Å². The van der Waals surface area contributed by atoms with Crippen LogP contribution in [0.2, 0.25) is 0 Å². The maximum absolute atomic E-state index is 5.43. The van der Waals surface area contributed by atoms with Crippen molar-refractivity contribution < 1.29 is 4.52 Å². The van der Waals surface area contributed by atoms with Crippen molar-refractivity contribution in [1.82, 2.24) is 10.1 Å². The number of nitrogens with zero attached hydrogens (tertiary/aromatic N) is 2. The highest BCUT2D eigenvalue weighted by atomic mass is 16.5. The van der Waals surface area contributed by atoms with Crippen molar-refractivity contribution in [2.24, 2.45) is 5.92 Å². The molecule has 4 rings (SSSR count). The van der Waals surface area contributed by atoms with Crippen LogP contribution in [0, 0.1) is 5.92 Å². The molecule has 3 unspecified atom stereocenters. The van der Waals surface area contributed by atoms with Crippen LogP contribution in [-0.2, 0) is 12.8 Å². The molecule has 0 aliphatic heterocycles. The molecule has 0 spiro atoms. The Bertz CT molecular complexity index is 604. The molecule has 1 heterocycles. The average molecular weight is 254 g/mol. The molecule has 1 fully saturated rings. The largest absolute Gasteiger partial charge is 0.339 e. The SMILES string of the molecule is CC1CC1c1noc(CC2CCc3ccccc32)n1. The van der Waals surface area contributed by atoms with Gasteiger partial charge in [-0.05, 0) is 42.2 Å². The highest BCUT2D eigenvalue weighted by Gasteiger charge is 2.38. The second-order valence-corrected chi connectivity index (χ2v) is 6.00. The standard InChI is InChI=1S/C16H18N2O/c1-10-8-14(10)16-17-15(19-18-16)9-12-7-6-11-4-2-3-5-13(11)12/h2-5,10,12,14H,6-9H2,1H3. The van der Waals surface area contributed by atoms with Gasteiger partial charge >= 0.3 is 0 Å². The highest BCUT2D eigenvalue weighted by Crippen LogP contribution is 2.45. The van der Waals surface area contributed by atoms with Gasteiger partial charge in [0, 0.05) is 12.3 Å². The first kappa shape index (κ1) is 11.2. The topological polar surface area (TPSA) is 38.9 Å². The van der Waals surface area contributed by atoms with Crippen LogP contribution in [0.3, 0.4) is 0 Å². The summed E-state index contributed by atoms with van der Waals surface area (Å²) < 4.78 is 5.43. The third kappa shape index (κ3) is 1.97. The van der Waals surface area contributed by atoms with Crippen molar-refractivity contribution in [3.8, 4) is 0 Å². The van der Waals surface area contributed by atoms with Crippen LogP contribution in [0.1, 0.15) is 54.4 Å². The summed E-state index contributed by atoms with van der Waals surface area (Å²) >= 11 is 0. The number of hydrogen-bond acceptors (Lipinski definition) is 3. The molecule has 0 amide bonds. The van der Waals surface area contributed by atoms with E-state index in [0.29, 0.717) is 11.8 Å². The van der Waals surface area contributed by atoms with Gasteiger partial charge in [-0.15, -0.1) is 0 Å². The number of aromatic nitrogens is 2. The number of fused-ring (bicyclic) bond motifs is 1. The maximum Gasteiger partial charge on any atom is 0.227 e. The molecular formula is C16H18N2O. The van der Waals surface area contributed by atoms with E-state index in [2.05, 4.69) is 41.3 Å². The van der Waals surface area contributed by atoms with Crippen LogP contribution in [0.5, 0.6) is 0 Å². The van der Waals surface area contributed by atoms with Gasteiger partial charge in [-0.1, -0.05) is 36.3 Å². The van der Waals surface area contributed by atoms with Gasteiger partial charge < -0.3 is 4.52 Å². The molecule has 0 N–H and O–H groups in total. The molecule has 0 radical (unpaired) electrons. The lowest BCUT2D eigenvalue weighted by atomic mass is 9.98. The minimum absolute atomic E-state index is 0.549. The third-order valence-electron chi connectivity index (χ3n) is 4.60. The molecule has 1 aromatic carbocycles. The van der Waals surface area contributed by atoms with E-state index in [4.69, 9.17) is 4.52 Å². The summed E-state index contributed by atoms with van der Waals surface area (Å²) in [5, 5.41) is 4.14. The molecule has 0 bridgehead atoms. The van der Waals surface area contributed by atoms with Gasteiger partial charge in [0.15, 0.2) is 5.82 Å². The molecular weight excluding hydrogens is 236 g/mol. The fraction of sp³-hybridized carbons (Fsp3) is 0.500. The van der Waals surface area contributed by atoms with E-state index in [1.54, 1.807) is 0 Å². The van der Waals surface area contributed by atoms with E-state index in [1.165, 1.54) is 30.4 Å². The number of benzene rings is 1. The Morgan fingerprint density at radius 1 is 1.32 bits per heavy atom. The summed E-state index contributed by atoms with van der Waals surface area (Å²) in [6.45, 7) is 2.24.